The summed E-state index contributed by atoms with van der Waals surface area (Å²) in [5, 5.41) is 4.24. The van der Waals surface area contributed by atoms with Gasteiger partial charge in [-0.25, -0.2) is 4.98 Å². The number of carbonyl (C=O) groups excluding carboxylic acids is 1. The van der Waals surface area contributed by atoms with Crippen LogP contribution in [-0.4, -0.2) is 10.9 Å². The first-order valence-electron chi connectivity index (χ1n) is 8.90. The van der Waals surface area contributed by atoms with Crippen LogP contribution < -0.4 is 11.1 Å². The monoisotopic (exact) mass is 385 g/mol. The van der Waals surface area contributed by atoms with Gasteiger partial charge in [0.1, 0.15) is 9.71 Å². The summed E-state index contributed by atoms with van der Waals surface area (Å²) in [4.78, 5) is 18.9. The van der Waals surface area contributed by atoms with Crippen molar-refractivity contribution in [3.05, 3.63) is 51.5 Å². The third-order valence-electron chi connectivity index (χ3n) is 4.83. The Morgan fingerprint density at radius 2 is 1.92 bits per heavy atom. The third kappa shape index (κ3) is 3.29. The molecule has 0 fully saturated rings. The summed E-state index contributed by atoms with van der Waals surface area (Å²) < 4.78 is 0. The third-order valence-corrected chi connectivity index (χ3v) is 6.27. The average molecular weight is 386 g/mol. The number of rotatable bonds is 2. The Morgan fingerprint density at radius 3 is 2.73 bits per heavy atom. The Balaban J connectivity index is 1.70. The lowest BCUT2D eigenvalue weighted by atomic mass is 9.96. The van der Waals surface area contributed by atoms with Crippen molar-refractivity contribution in [1.82, 2.24) is 4.98 Å². The molecule has 1 aliphatic rings. The van der Waals surface area contributed by atoms with E-state index < -0.39 is 0 Å². The van der Waals surface area contributed by atoms with Gasteiger partial charge in [-0.2, -0.15) is 0 Å². The maximum Gasteiger partial charge on any atom is 0.267 e. The van der Waals surface area contributed by atoms with Crippen LogP contribution in [0.2, 0.25) is 5.02 Å². The van der Waals surface area contributed by atoms with Gasteiger partial charge in [-0.15, -0.1) is 11.3 Å². The number of aryl methyl sites for hydroxylation is 2. The van der Waals surface area contributed by atoms with Crippen molar-refractivity contribution in [3.8, 4) is 0 Å². The fourth-order valence-electron chi connectivity index (χ4n) is 3.42. The molecule has 1 aliphatic carbocycles. The SMILES string of the molecule is Nc1c(C(=O)Nc2ccccc2Cl)sc2nc3c(cc12)CCCCCC3. The topological polar surface area (TPSA) is 68.0 Å². The first kappa shape index (κ1) is 17.3. The van der Waals surface area contributed by atoms with Gasteiger partial charge >= 0.3 is 0 Å². The first-order chi connectivity index (χ1) is 12.6. The van der Waals surface area contributed by atoms with Crippen molar-refractivity contribution in [3.63, 3.8) is 0 Å². The molecule has 2 aromatic heterocycles. The smallest absolute Gasteiger partial charge is 0.267 e. The number of nitrogen functional groups attached to an aromatic ring is 1. The molecule has 1 aromatic carbocycles. The van der Waals surface area contributed by atoms with Crippen LogP contribution in [0.1, 0.15) is 46.6 Å². The molecular formula is C20H20ClN3OS. The van der Waals surface area contributed by atoms with Crippen molar-refractivity contribution in [2.45, 2.75) is 38.5 Å². The predicted octanol–water partition coefficient (Wildman–Crippen LogP) is 5.44. The molecule has 3 aromatic rings. The molecule has 26 heavy (non-hydrogen) atoms. The second-order valence-electron chi connectivity index (χ2n) is 6.64. The molecule has 0 atom stereocenters. The minimum Gasteiger partial charge on any atom is -0.397 e. The number of fused-ring (bicyclic) bond motifs is 2. The Bertz CT molecular complexity index is 983. The van der Waals surface area contributed by atoms with Crippen LogP contribution in [0.3, 0.4) is 0 Å². The molecular weight excluding hydrogens is 366 g/mol. The van der Waals surface area contributed by atoms with E-state index in [4.69, 9.17) is 22.3 Å². The van der Waals surface area contributed by atoms with Crippen molar-refractivity contribution < 1.29 is 4.79 Å². The number of aromatic nitrogens is 1. The quantitative estimate of drug-likeness (QED) is 0.616. The summed E-state index contributed by atoms with van der Waals surface area (Å²) in [7, 11) is 0. The number of nitrogens with two attached hydrogens (primary N) is 1. The average Bonchev–Trinajstić information content (AvgIpc) is 2.93. The molecule has 0 spiro atoms. The number of halogens is 1. The number of para-hydroxylation sites is 1. The molecule has 0 aliphatic heterocycles. The minimum absolute atomic E-state index is 0.244. The van der Waals surface area contributed by atoms with Crippen LogP contribution in [0.15, 0.2) is 30.3 Å². The molecule has 0 unspecified atom stereocenters. The zero-order valence-corrected chi connectivity index (χ0v) is 15.9. The summed E-state index contributed by atoms with van der Waals surface area (Å²) in [6.45, 7) is 0. The molecule has 0 saturated heterocycles. The second-order valence-corrected chi connectivity index (χ2v) is 8.05. The van der Waals surface area contributed by atoms with E-state index in [1.165, 1.54) is 42.6 Å². The molecule has 3 N–H and O–H groups in total. The molecule has 0 radical (unpaired) electrons. The Kier molecular flexibility index (Phi) is 4.83. The molecule has 4 nitrogen and oxygen atoms in total. The van der Waals surface area contributed by atoms with Crippen LogP contribution >= 0.6 is 22.9 Å². The number of hydrogen-bond acceptors (Lipinski definition) is 4. The zero-order chi connectivity index (χ0) is 18.1. The first-order valence-corrected chi connectivity index (χ1v) is 10.1. The van der Waals surface area contributed by atoms with E-state index in [1.807, 2.05) is 12.1 Å². The van der Waals surface area contributed by atoms with Crippen molar-refractivity contribution in [1.29, 1.82) is 0 Å². The van der Waals surface area contributed by atoms with Crippen LogP contribution in [0, 0.1) is 0 Å². The molecule has 134 valence electrons. The van der Waals surface area contributed by atoms with E-state index in [9.17, 15) is 4.79 Å². The number of pyridine rings is 1. The second kappa shape index (κ2) is 7.25. The molecule has 2 heterocycles. The lowest BCUT2D eigenvalue weighted by Gasteiger charge is -2.12. The van der Waals surface area contributed by atoms with Crippen LogP contribution in [0.4, 0.5) is 11.4 Å². The van der Waals surface area contributed by atoms with E-state index in [1.54, 1.807) is 12.1 Å². The number of amides is 1. The Labute approximate surface area is 161 Å². The van der Waals surface area contributed by atoms with Gasteiger partial charge in [0.25, 0.3) is 5.91 Å². The van der Waals surface area contributed by atoms with E-state index in [0.717, 1.165) is 28.8 Å². The summed E-state index contributed by atoms with van der Waals surface area (Å²) in [5.41, 5.74) is 9.84. The molecule has 0 saturated carbocycles. The lowest BCUT2D eigenvalue weighted by molar-refractivity contribution is 0.103. The predicted molar refractivity (Wildman–Crippen MR) is 109 cm³/mol. The normalized spacial score (nSPS) is 14.5. The fraction of sp³-hybridized carbons (Fsp3) is 0.300. The van der Waals surface area contributed by atoms with E-state index in [0.29, 0.717) is 21.3 Å². The van der Waals surface area contributed by atoms with Gasteiger partial charge in [-0.3, -0.25) is 4.79 Å². The molecule has 1 amide bonds. The number of nitrogens with one attached hydrogen (secondary N) is 1. The summed E-state index contributed by atoms with van der Waals surface area (Å²) in [6, 6.07) is 9.31. The highest BCUT2D eigenvalue weighted by atomic mass is 35.5. The minimum atomic E-state index is -0.244. The van der Waals surface area contributed by atoms with Crippen molar-refractivity contribution >= 4 is 50.4 Å². The zero-order valence-electron chi connectivity index (χ0n) is 14.3. The van der Waals surface area contributed by atoms with Gasteiger partial charge in [-0.05, 0) is 49.4 Å². The summed E-state index contributed by atoms with van der Waals surface area (Å²) >= 11 is 7.49. The summed E-state index contributed by atoms with van der Waals surface area (Å²) in [5.74, 6) is -0.244. The molecule has 0 bridgehead atoms. The number of nitrogens with zero attached hydrogens (tertiary/aromatic N) is 1. The summed E-state index contributed by atoms with van der Waals surface area (Å²) in [6.07, 6.45) is 6.93. The Morgan fingerprint density at radius 1 is 1.15 bits per heavy atom. The Hall–Kier alpha value is -2.11. The van der Waals surface area contributed by atoms with E-state index in [2.05, 4.69) is 11.4 Å². The van der Waals surface area contributed by atoms with Gasteiger partial charge in [0.2, 0.25) is 0 Å². The van der Waals surface area contributed by atoms with Gasteiger partial charge in [0, 0.05) is 11.1 Å². The number of anilines is 2. The van der Waals surface area contributed by atoms with Crippen LogP contribution in [0.5, 0.6) is 0 Å². The van der Waals surface area contributed by atoms with Crippen LogP contribution in [0.25, 0.3) is 10.2 Å². The fourth-order valence-corrected chi connectivity index (χ4v) is 4.60. The lowest BCUT2D eigenvalue weighted by Crippen LogP contribution is -2.12. The number of thiophene rings is 1. The standard InChI is InChI=1S/C20H20ClN3OS/c21-14-8-5-6-10-16(14)23-19(25)18-17(22)13-11-12-7-3-1-2-4-9-15(12)24-20(13)26-18/h5-6,8,10-11H,1-4,7,9,22H2,(H,23,25). The highest BCUT2D eigenvalue weighted by molar-refractivity contribution is 7.21. The molecule has 4 rings (SSSR count). The van der Waals surface area contributed by atoms with E-state index >= 15 is 0 Å². The number of benzene rings is 1. The number of carbonyl (C=O) groups is 1. The highest BCUT2D eigenvalue weighted by Crippen LogP contribution is 2.35. The van der Waals surface area contributed by atoms with E-state index in [-0.39, 0.29) is 5.91 Å². The van der Waals surface area contributed by atoms with Gasteiger partial charge in [0.15, 0.2) is 0 Å². The van der Waals surface area contributed by atoms with Gasteiger partial charge in [0.05, 0.1) is 16.4 Å². The van der Waals surface area contributed by atoms with Gasteiger partial charge in [-0.1, -0.05) is 36.6 Å². The van der Waals surface area contributed by atoms with Gasteiger partial charge < -0.3 is 11.1 Å². The number of hydrogen-bond donors (Lipinski definition) is 2. The maximum absolute atomic E-state index is 12.7. The highest BCUT2D eigenvalue weighted by Gasteiger charge is 2.20. The largest absolute Gasteiger partial charge is 0.397 e. The molecule has 6 heteroatoms. The van der Waals surface area contributed by atoms with Crippen molar-refractivity contribution in [2.24, 2.45) is 0 Å². The maximum atomic E-state index is 12.7. The van der Waals surface area contributed by atoms with Crippen molar-refractivity contribution in [2.75, 3.05) is 11.1 Å². The van der Waals surface area contributed by atoms with Crippen LogP contribution in [-0.2, 0) is 12.8 Å².